The normalized spacial score (nSPS) is 17.4. The Balaban J connectivity index is 1.95. The lowest BCUT2D eigenvalue weighted by molar-refractivity contribution is -0.0469. The molecule has 106 valence electrons. The van der Waals surface area contributed by atoms with Crippen LogP contribution >= 0.6 is 0 Å². The largest absolute Gasteiger partial charge is 0.397 e. The quantitative estimate of drug-likeness (QED) is 0.921. The van der Waals surface area contributed by atoms with Gasteiger partial charge in [-0.1, -0.05) is 5.16 Å². The molecule has 20 heavy (non-hydrogen) atoms. The van der Waals surface area contributed by atoms with E-state index in [0.29, 0.717) is 29.6 Å². The van der Waals surface area contributed by atoms with Crippen molar-refractivity contribution < 1.29 is 9.26 Å². The lowest BCUT2D eigenvalue weighted by atomic mass is 10.0. The van der Waals surface area contributed by atoms with Gasteiger partial charge in [0, 0.05) is 12.8 Å². The monoisotopic (exact) mass is 274 g/mol. The Bertz CT molecular complexity index is 590. The molecule has 0 bridgehead atoms. The predicted octanol–water partition coefficient (Wildman–Crippen LogP) is 2.52. The molecule has 0 spiro atoms. The Labute approximate surface area is 117 Å². The number of nitrogens with two attached hydrogens (primary N) is 1. The first-order chi connectivity index (χ1) is 9.75. The molecule has 3 rings (SSSR count). The summed E-state index contributed by atoms with van der Waals surface area (Å²) in [6, 6.07) is 1.77. The van der Waals surface area contributed by atoms with Crippen molar-refractivity contribution >= 4 is 5.69 Å². The molecule has 0 unspecified atom stereocenters. The summed E-state index contributed by atoms with van der Waals surface area (Å²) in [6.45, 7) is 2.63. The van der Waals surface area contributed by atoms with Gasteiger partial charge < -0.3 is 15.0 Å². The second kappa shape index (κ2) is 5.20. The standard InChI is InChI=1S/C14H18N4O2/c1-2-19-14(6-3-4-7-14)13-17-12(20-18-13)10-5-8-16-9-11(10)15/h5,8-9H,2-4,6-7,15H2,1H3. The Morgan fingerprint density at radius 2 is 2.20 bits per heavy atom. The third-order valence-corrected chi connectivity index (χ3v) is 3.75. The summed E-state index contributed by atoms with van der Waals surface area (Å²) >= 11 is 0. The van der Waals surface area contributed by atoms with Gasteiger partial charge in [0.15, 0.2) is 0 Å². The van der Waals surface area contributed by atoms with Crippen molar-refractivity contribution in [3.63, 3.8) is 0 Å². The summed E-state index contributed by atoms with van der Waals surface area (Å²) in [6.07, 6.45) is 7.36. The van der Waals surface area contributed by atoms with Crippen LogP contribution in [0, 0.1) is 0 Å². The summed E-state index contributed by atoms with van der Waals surface area (Å²) in [5.41, 5.74) is 6.73. The molecule has 0 amide bonds. The predicted molar refractivity (Wildman–Crippen MR) is 73.7 cm³/mol. The molecule has 1 fully saturated rings. The maximum Gasteiger partial charge on any atom is 0.260 e. The van der Waals surface area contributed by atoms with Gasteiger partial charge in [-0.25, -0.2) is 0 Å². The molecule has 0 aromatic carbocycles. The molecule has 6 nitrogen and oxygen atoms in total. The number of hydrogen-bond acceptors (Lipinski definition) is 6. The van der Waals surface area contributed by atoms with E-state index in [4.69, 9.17) is 15.0 Å². The molecule has 2 heterocycles. The Kier molecular flexibility index (Phi) is 3.40. The van der Waals surface area contributed by atoms with Gasteiger partial charge in [0.2, 0.25) is 5.82 Å². The lowest BCUT2D eigenvalue weighted by Crippen LogP contribution is -2.27. The lowest BCUT2D eigenvalue weighted by Gasteiger charge is -2.24. The number of ether oxygens (including phenoxy) is 1. The number of pyridine rings is 1. The number of rotatable bonds is 4. The van der Waals surface area contributed by atoms with Crippen molar-refractivity contribution in [2.75, 3.05) is 12.3 Å². The van der Waals surface area contributed by atoms with Crippen molar-refractivity contribution in [3.8, 4) is 11.5 Å². The Hall–Kier alpha value is -1.95. The first kappa shape index (κ1) is 13.1. The fourth-order valence-electron chi connectivity index (χ4n) is 2.77. The van der Waals surface area contributed by atoms with Gasteiger partial charge in [-0.15, -0.1) is 0 Å². The number of hydrogen-bond donors (Lipinski definition) is 1. The third-order valence-electron chi connectivity index (χ3n) is 3.75. The summed E-state index contributed by atoms with van der Waals surface area (Å²) in [4.78, 5) is 8.46. The molecule has 0 radical (unpaired) electrons. The first-order valence-electron chi connectivity index (χ1n) is 6.93. The molecule has 6 heteroatoms. The zero-order chi connectivity index (χ0) is 14.0. The van der Waals surface area contributed by atoms with Crippen LogP contribution in [-0.2, 0) is 10.3 Å². The first-order valence-corrected chi connectivity index (χ1v) is 6.93. The minimum Gasteiger partial charge on any atom is -0.397 e. The van der Waals surface area contributed by atoms with Crippen LogP contribution in [0.5, 0.6) is 0 Å². The molecule has 2 N–H and O–H groups in total. The summed E-state index contributed by atoms with van der Waals surface area (Å²) in [5.74, 6) is 1.05. The van der Waals surface area contributed by atoms with E-state index in [1.165, 1.54) is 0 Å². The highest BCUT2D eigenvalue weighted by Crippen LogP contribution is 2.41. The minimum absolute atomic E-state index is 0.391. The van der Waals surface area contributed by atoms with Crippen molar-refractivity contribution in [1.82, 2.24) is 15.1 Å². The number of nitrogens with zero attached hydrogens (tertiary/aromatic N) is 3. The highest BCUT2D eigenvalue weighted by atomic mass is 16.5. The van der Waals surface area contributed by atoms with E-state index in [9.17, 15) is 0 Å². The highest BCUT2D eigenvalue weighted by molar-refractivity contribution is 5.68. The minimum atomic E-state index is -0.391. The third kappa shape index (κ3) is 2.16. The van der Waals surface area contributed by atoms with Crippen molar-refractivity contribution in [1.29, 1.82) is 0 Å². The molecule has 2 aromatic heterocycles. The second-order valence-corrected chi connectivity index (χ2v) is 5.02. The average molecular weight is 274 g/mol. The van der Waals surface area contributed by atoms with Gasteiger partial charge in [0.1, 0.15) is 5.60 Å². The van der Waals surface area contributed by atoms with Gasteiger partial charge in [-0.3, -0.25) is 4.98 Å². The van der Waals surface area contributed by atoms with Gasteiger partial charge in [0.25, 0.3) is 5.89 Å². The smallest absolute Gasteiger partial charge is 0.260 e. The van der Waals surface area contributed by atoms with E-state index in [-0.39, 0.29) is 0 Å². The maximum absolute atomic E-state index is 5.93. The van der Waals surface area contributed by atoms with Crippen LogP contribution in [0.2, 0.25) is 0 Å². The van der Waals surface area contributed by atoms with Crippen molar-refractivity contribution in [3.05, 3.63) is 24.3 Å². The van der Waals surface area contributed by atoms with Crippen molar-refractivity contribution in [2.24, 2.45) is 0 Å². The van der Waals surface area contributed by atoms with Crippen molar-refractivity contribution in [2.45, 2.75) is 38.2 Å². The number of anilines is 1. The summed E-state index contributed by atoms with van der Waals surface area (Å²) in [7, 11) is 0. The Morgan fingerprint density at radius 1 is 1.40 bits per heavy atom. The number of aromatic nitrogens is 3. The van der Waals surface area contributed by atoms with E-state index >= 15 is 0 Å². The maximum atomic E-state index is 5.93. The molecule has 0 atom stereocenters. The molecule has 1 aliphatic carbocycles. The number of nitrogen functional groups attached to an aromatic ring is 1. The second-order valence-electron chi connectivity index (χ2n) is 5.02. The van der Waals surface area contributed by atoms with Gasteiger partial charge in [-0.05, 0) is 38.7 Å². The molecule has 0 aliphatic heterocycles. The molecule has 0 saturated heterocycles. The van der Waals surface area contributed by atoms with Gasteiger partial charge in [-0.2, -0.15) is 4.98 Å². The van der Waals surface area contributed by atoms with E-state index in [0.717, 1.165) is 25.7 Å². The summed E-state index contributed by atoms with van der Waals surface area (Å²) < 4.78 is 11.3. The van der Waals surface area contributed by atoms with Crippen LogP contribution in [-0.4, -0.2) is 21.7 Å². The molecule has 2 aromatic rings. The van der Waals surface area contributed by atoms with Gasteiger partial charge >= 0.3 is 0 Å². The average Bonchev–Trinajstić information content (AvgIpc) is 3.09. The fraction of sp³-hybridized carbons (Fsp3) is 0.500. The zero-order valence-electron chi connectivity index (χ0n) is 11.5. The summed E-state index contributed by atoms with van der Waals surface area (Å²) in [5, 5.41) is 4.12. The van der Waals surface area contributed by atoms with Crippen LogP contribution < -0.4 is 5.73 Å². The SMILES string of the molecule is CCOC1(c2noc(-c3ccncc3N)n2)CCCC1. The van der Waals surface area contributed by atoms with E-state index in [1.54, 1.807) is 18.5 Å². The molecular formula is C14H18N4O2. The van der Waals surface area contributed by atoms with E-state index in [1.807, 2.05) is 6.92 Å². The molecule has 1 aliphatic rings. The van der Waals surface area contributed by atoms with Crippen LogP contribution in [0.25, 0.3) is 11.5 Å². The highest BCUT2D eigenvalue weighted by Gasteiger charge is 2.41. The fourth-order valence-corrected chi connectivity index (χ4v) is 2.77. The van der Waals surface area contributed by atoms with Gasteiger partial charge in [0.05, 0.1) is 17.4 Å². The van der Waals surface area contributed by atoms with E-state index < -0.39 is 5.60 Å². The van der Waals surface area contributed by atoms with Crippen LogP contribution in [0.15, 0.2) is 23.0 Å². The molecular weight excluding hydrogens is 256 g/mol. The van der Waals surface area contributed by atoms with Crippen LogP contribution in [0.1, 0.15) is 38.4 Å². The molecule has 1 saturated carbocycles. The van der Waals surface area contributed by atoms with E-state index in [2.05, 4.69) is 15.1 Å². The van der Waals surface area contributed by atoms with Crippen LogP contribution in [0.4, 0.5) is 5.69 Å². The van der Waals surface area contributed by atoms with Crippen LogP contribution in [0.3, 0.4) is 0 Å². The zero-order valence-corrected chi connectivity index (χ0v) is 11.5. The Morgan fingerprint density at radius 3 is 2.90 bits per heavy atom. The topological polar surface area (TPSA) is 87.1 Å².